The third-order valence-electron chi connectivity index (χ3n) is 2.18. The zero-order valence-electron chi connectivity index (χ0n) is 10.2. The molecule has 1 aromatic heterocycles. The second kappa shape index (κ2) is 5.83. The van der Waals surface area contributed by atoms with Crippen LogP contribution in [0.25, 0.3) is 0 Å². The highest BCUT2D eigenvalue weighted by Crippen LogP contribution is 2.26. The average Bonchev–Trinajstić information content (AvgIpc) is 2.42. The molecule has 0 saturated carbocycles. The zero-order valence-corrected chi connectivity index (χ0v) is 11.8. The van der Waals surface area contributed by atoms with E-state index < -0.39 is 5.82 Å². The molecule has 0 aliphatic rings. The number of halogens is 2. The Morgan fingerprint density at radius 3 is 2.21 bits per heavy atom. The van der Waals surface area contributed by atoms with Crippen LogP contribution < -0.4 is 14.2 Å². The lowest BCUT2D eigenvalue weighted by Crippen LogP contribution is -1.98. The van der Waals surface area contributed by atoms with E-state index in [4.69, 9.17) is 14.2 Å². The summed E-state index contributed by atoms with van der Waals surface area (Å²) in [7, 11) is 2.93. The molecule has 0 radical (unpaired) electrons. The molecular weight excluding hydrogens is 319 g/mol. The van der Waals surface area contributed by atoms with Crippen molar-refractivity contribution in [1.29, 1.82) is 0 Å². The lowest BCUT2D eigenvalue weighted by atomic mass is 10.3. The summed E-state index contributed by atoms with van der Waals surface area (Å²) in [6.45, 7) is 0. The predicted octanol–water partition coefficient (Wildman–Crippen LogP) is 3.19. The predicted molar refractivity (Wildman–Crippen MR) is 69.3 cm³/mol. The molecule has 7 heteroatoms. The molecule has 0 atom stereocenters. The molecule has 0 unspecified atom stereocenters. The van der Waals surface area contributed by atoms with E-state index in [9.17, 15) is 4.39 Å². The van der Waals surface area contributed by atoms with Crippen molar-refractivity contribution in [3.63, 3.8) is 0 Å². The van der Waals surface area contributed by atoms with Gasteiger partial charge in [-0.05, 0) is 28.1 Å². The van der Waals surface area contributed by atoms with Gasteiger partial charge in [0.25, 0.3) is 0 Å². The summed E-state index contributed by atoms with van der Waals surface area (Å²) in [6, 6.07) is 5.86. The summed E-state index contributed by atoms with van der Waals surface area (Å²) in [5.74, 6) is 0.419. The van der Waals surface area contributed by atoms with E-state index in [1.54, 1.807) is 6.07 Å². The standard InChI is InChI=1S/C12H10BrFN2O3/c1-17-10-6-11(18-2)16-12(15-10)19-7-3-4-8(13)9(14)5-7/h3-6H,1-2H3. The summed E-state index contributed by atoms with van der Waals surface area (Å²) in [5, 5.41) is 0. The van der Waals surface area contributed by atoms with Crippen LogP contribution in [0.4, 0.5) is 4.39 Å². The highest BCUT2D eigenvalue weighted by Gasteiger charge is 2.09. The first-order valence-corrected chi connectivity index (χ1v) is 6.01. The van der Waals surface area contributed by atoms with Crippen molar-refractivity contribution < 1.29 is 18.6 Å². The van der Waals surface area contributed by atoms with Gasteiger partial charge in [-0.15, -0.1) is 0 Å². The Morgan fingerprint density at radius 1 is 1.05 bits per heavy atom. The van der Waals surface area contributed by atoms with Gasteiger partial charge in [0, 0.05) is 6.07 Å². The Hall–Kier alpha value is -1.89. The van der Waals surface area contributed by atoms with Crippen LogP contribution >= 0.6 is 15.9 Å². The van der Waals surface area contributed by atoms with E-state index in [0.29, 0.717) is 16.2 Å². The van der Waals surface area contributed by atoms with Gasteiger partial charge < -0.3 is 14.2 Å². The lowest BCUT2D eigenvalue weighted by Gasteiger charge is -2.07. The second-order valence-electron chi connectivity index (χ2n) is 3.41. The van der Waals surface area contributed by atoms with Gasteiger partial charge in [-0.2, -0.15) is 9.97 Å². The minimum Gasteiger partial charge on any atom is -0.481 e. The molecule has 0 N–H and O–H groups in total. The van der Waals surface area contributed by atoms with Crippen LogP contribution in [-0.2, 0) is 0 Å². The van der Waals surface area contributed by atoms with Gasteiger partial charge in [0.15, 0.2) is 0 Å². The fourth-order valence-electron chi connectivity index (χ4n) is 1.28. The molecular formula is C12H10BrFN2O3. The smallest absolute Gasteiger partial charge is 0.328 e. The molecule has 0 bridgehead atoms. The highest BCUT2D eigenvalue weighted by atomic mass is 79.9. The molecule has 0 fully saturated rings. The number of nitrogens with zero attached hydrogens (tertiary/aromatic N) is 2. The Kier molecular flexibility index (Phi) is 4.16. The van der Waals surface area contributed by atoms with Gasteiger partial charge in [-0.25, -0.2) is 4.39 Å². The molecule has 0 aliphatic heterocycles. The minimum absolute atomic E-state index is 0.0120. The van der Waals surface area contributed by atoms with E-state index in [-0.39, 0.29) is 11.8 Å². The van der Waals surface area contributed by atoms with Crippen LogP contribution in [0.2, 0.25) is 0 Å². The number of hydrogen-bond acceptors (Lipinski definition) is 5. The topological polar surface area (TPSA) is 53.5 Å². The highest BCUT2D eigenvalue weighted by molar-refractivity contribution is 9.10. The summed E-state index contributed by atoms with van der Waals surface area (Å²) < 4.78 is 29.0. The fourth-order valence-corrected chi connectivity index (χ4v) is 1.53. The molecule has 0 saturated heterocycles. The minimum atomic E-state index is -0.438. The van der Waals surface area contributed by atoms with E-state index >= 15 is 0 Å². The van der Waals surface area contributed by atoms with Crippen LogP contribution in [0.1, 0.15) is 0 Å². The Morgan fingerprint density at radius 2 is 1.68 bits per heavy atom. The molecule has 100 valence electrons. The number of benzene rings is 1. The maximum absolute atomic E-state index is 13.4. The number of hydrogen-bond donors (Lipinski definition) is 0. The molecule has 0 amide bonds. The summed E-state index contributed by atoms with van der Waals surface area (Å²) in [4.78, 5) is 7.96. The van der Waals surface area contributed by atoms with Crippen LogP contribution in [-0.4, -0.2) is 24.2 Å². The van der Waals surface area contributed by atoms with Crippen LogP contribution in [0.5, 0.6) is 23.5 Å². The van der Waals surface area contributed by atoms with Crippen molar-refractivity contribution in [2.45, 2.75) is 0 Å². The van der Waals surface area contributed by atoms with Gasteiger partial charge >= 0.3 is 6.01 Å². The maximum Gasteiger partial charge on any atom is 0.328 e. The number of ether oxygens (including phenoxy) is 3. The van der Waals surface area contributed by atoms with E-state index in [2.05, 4.69) is 25.9 Å². The summed E-state index contributed by atoms with van der Waals surface area (Å²) >= 11 is 3.06. The van der Waals surface area contributed by atoms with Crippen molar-refractivity contribution in [3.8, 4) is 23.5 Å². The van der Waals surface area contributed by atoms with Gasteiger partial charge in [-0.3, -0.25) is 0 Å². The molecule has 19 heavy (non-hydrogen) atoms. The zero-order chi connectivity index (χ0) is 13.8. The van der Waals surface area contributed by atoms with Gasteiger partial charge in [0.1, 0.15) is 11.6 Å². The van der Waals surface area contributed by atoms with Gasteiger partial charge in [-0.1, -0.05) is 0 Å². The normalized spacial score (nSPS) is 10.1. The Balaban J connectivity index is 2.29. The van der Waals surface area contributed by atoms with Crippen molar-refractivity contribution >= 4 is 15.9 Å². The quantitative estimate of drug-likeness (QED) is 0.862. The number of rotatable bonds is 4. The fraction of sp³-hybridized carbons (Fsp3) is 0.167. The molecule has 2 aromatic rings. The molecule has 0 aliphatic carbocycles. The Labute approximate surface area is 117 Å². The number of aromatic nitrogens is 2. The van der Waals surface area contributed by atoms with E-state index in [0.717, 1.165) is 0 Å². The number of methoxy groups -OCH3 is 2. The molecule has 1 heterocycles. The van der Waals surface area contributed by atoms with Crippen LogP contribution in [0.15, 0.2) is 28.7 Å². The summed E-state index contributed by atoms with van der Waals surface area (Å²) in [5.41, 5.74) is 0. The monoisotopic (exact) mass is 328 g/mol. The van der Waals surface area contributed by atoms with E-state index in [1.807, 2.05) is 0 Å². The van der Waals surface area contributed by atoms with Gasteiger partial charge in [0.05, 0.1) is 24.8 Å². The second-order valence-corrected chi connectivity index (χ2v) is 4.27. The van der Waals surface area contributed by atoms with E-state index in [1.165, 1.54) is 32.4 Å². The molecule has 5 nitrogen and oxygen atoms in total. The van der Waals surface area contributed by atoms with Crippen LogP contribution in [0, 0.1) is 5.82 Å². The largest absolute Gasteiger partial charge is 0.481 e. The third kappa shape index (κ3) is 3.31. The molecule has 2 rings (SSSR count). The first-order valence-electron chi connectivity index (χ1n) is 5.22. The van der Waals surface area contributed by atoms with Crippen molar-refractivity contribution in [1.82, 2.24) is 9.97 Å². The maximum atomic E-state index is 13.4. The van der Waals surface area contributed by atoms with Crippen molar-refractivity contribution in [2.75, 3.05) is 14.2 Å². The Bertz CT molecular complexity index is 573. The van der Waals surface area contributed by atoms with Crippen LogP contribution in [0.3, 0.4) is 0 Å². The summed E-state index contributed by atoms with van der Waals surface area (Å²) in [6.07, 6.45) is 0. The SMILES string of the molecule is COc1cc(OC)nc(Oc2ccc(Br)c(F)c2)n1. The van der Waals surface area contributed by atoms with Gasteiger partial charge in [0.2, 0.25) is 11.8 Å². The first kappa shape index (κ1) is 13.5. The lowest BCUT2D eigenvalue weighted by molar-refractivity contribution is 0.347. The molecule has 1 aromatic carbocycles. The first-order chi connectivity index (χ1) is 9.12. The van der Waals surface area contributed by atoms with Crippen molar-refractivity contribution in [2.24, 2.45) is 0 Å². The average molecular weight is 329 g/mol. The van der Waals surface area contributed by atoms with Crippen molar-refractivity contribution in [3.05, 3.63) is 34.6 Å². The molecule has 0 spiro atoms. The third-order valence-corrected chi connectivity index (χ3v) is 2.82.